The summed E-state index contributed by atoms with van der Waals surface area (Å²) in [4.78, 5) is 8.21. The van der Waals surface area contributed by atoms with Gasteiger partial charge in [0.1, 0.15) is 12.4 Å². The Labute approximate surface area is 111 Å². The Balaban J connectivity index is 2.01. The number of hydrogen-bond acceptors (Lipinski definition) is 6. The van der Waals surface area contributed by atoms with E-state index in [4.69, 9.17) is 15.7 Å². The van der Waals surface area contributed by atoms with Crippen molar-refractivity contribution in [2.24, 2.45) is 5.84 Å². The molecular weight excluding hydrogens is 244 g/mol. The molecule has 0 atom stereocenters. The lowest BCUT2D eigenvalue weighted by Gasteiger charge is -2.10. The van der Waals surface area contributed by atoms with Crippen LogP contribution in [-0.4, -0.2) is 21.7 Å². The minimum Gasteiger partial charge on any atom is -0.487 e. The first-order valence-corrected chi connectivity index (χ1v) is 5.92. The number of aliphatic hydroxyl groups is 1. The molecule has 0 spiro atoms. The van der Waals surface area contributed by atoms with E-state index in [2.05, 4.69) is 15.4 Å². The summed E-state index contributed by atoms with van der Waals surface area (Å²) in [6, 6.07) is 7.61. The molecule has 1 aromatic carbocycles. The van der Waals surface area contributed by atoms with Crippen LogP contribution in [0.25, 0.3) is 0 Å². The van der Waals surface area contributed by atoms with Gasteiger partial charge in [0.05, 0.1) is 18.1 Å². The molecule has 0 aliphatic carbocycles. The number of benzene rings is 1. The Morgan fingerprint density at radius 2 is 2.05 bits per heavy atom. The molecule has 6 nitrogen and oxygen atoms in total. The predicted molar refractivity (Wildman–Crippen MR) is 71.4 cm³/mol. The fourth-order valence-corrected chi connectivity index (χ4v) is 1.63. The highest BCUT2D eigenvalue weighted by molar-refractivity contribution is 5.33. The number of aliphatic hydroxyl groups excluding tert-OH is 1. The van der Waals surface area contributed by atoms with Crippen molar-refractivity contribution in [2.45, 2.75) is 13.0 Å². The number of nitrogens with one attached hydrogen (secondary N) is 1. The van der Waals surface area contributed by atoms with Crippen LogP contribution in [0, 0.1) is 0 Å². The molecule has 2 aromatic rings. The number of hydrazine groups is 1. The van der Waals surface area contributed by atoms with Crippen molar-refractivity contribution in [3.63, 3.8) is 0 Å². The number of nitrogens with two attached hydrogens (primary N) is 1. The largest absolute Gasteiger partial charge is 0.487 e. The molecule has 0 unspecified atom stereocenters. The van der Waals surface area contributed by atoms with Crippen LogP contribution in [0.4, 0.5) is 5.82 Å². The maximum atomic E-state index is 8.99. The molecule has 19 heavy (non-hydrogen) atoms. The first kappa shape index (κ1) is 13.3. The van der Waals surface area contributed by atoms with Crippen molar-refractivity contribution in [2.75, 3.05) is 12.0 Å². The quantitative estimate of drug-likeness (QED) is 0.527. The lowest BCUT2D eigenvalue weighted by atomic mass is 10.1. The van der Waals surface area contributed by atoms with Crippen molar-refractivity contribution < 1.29 is 9.84 Å². The molecule has 0 amide bonds. The van der Waals surface area contributed by atoms with E-state index in [1.807, 2.05) is 24.3 Å². The molecule has 0 saturated heterocycles. The van der Waals surface area contributed by atoms with Gasteiger partial charge in [0.15, 0.2) is 5.82 Å². The van der Waals surface area contributed by atoms with Crippen molar-refractivity contribution in [3.05, 3.63) is 47.9 Å². The van der Waals surface area contributed by atoms with Crippen LogP contribution in [0.5, 0.6) is 5.75 Å². The maximum absolute atomic E-state index is 8.99. The number of nitrogen functional groups attached to an aromatic ring is 1. The van der Waals surface area contributed by atoms with Crippen LogP contribution >= 0.6 is 0 Å². The Kier molecular flexibility index (Phi) is 4.66. The third-order valence-corrected chi connectivity index (χ3v) is 2.58. The van der Waals surface area contributed by atoms with E-state index in [0.717, 1.165) is 11.3 Å². The molecular formula is C13H16N4O2. The van der Waals surface area contributed by atoms with Gasteiger partial charge < -0.3 is 15.3 Å². The van der Waals surface area contributed by atoms with Crippen LogP contribution in [0.2, 0.25) is 0 Å². The van der Waals surface area contributed by atoms with E-state index in [1.165, 1.54) is 0 Å². The first-order chi connectivity index (χ1) is 9.33. The molecule has 0 bridgehead atoms. The topological polar surface area (TPSA) is 93.3 Å². The van der Waals surface area contributed by atoms with E-state index in [1.54, 1.807) is 12.4 Å². The number of para-hydroxylation sites is 1. The van der Waals surface area contributed by atoms with Gasteiger partial charge in [-0.3, -0.25) is 4.98 Å². The Hall–Kier alpha value is -2.18. The molecule has 0 saturated carbocycles. The number of ether oxygens (including phenoxy) is 1. The molecule has 1 aromatic heterocycles. The zero-order valence-electron chi connectivity index (χ0n) is 10.4. The van der Waals surface area contributed by atoms with E-state index in [9.17, 15) is 0 Å². The number of nitrogens with zero attached hydrogens (tertiary/aromatic N) is 2. The summed E-state index contributed by atoms with van der Waals surface area (Å²) in [5.74, 6) is 6.46. The summed E-state index contributed by atoms with van der Waals surface area (Å²) in [7, 11) is 0. The third kappa shape index (κ3) is 3.64. The van der Waals surface area contributed by atoms with Gasteiger partial charge in [0.2, 0.25) is 0 Å². The number of anilines is 1. The average molecular weight is 260 g/mol. The number of rotatable bonds is 6. The average Bonchev–Trinajstić information content (AvgIpc) is 2.47. The Morgan fingerprint density at radius 3 is 2.74 bits per heavy atom. The van der Waals surface area contributed by atoms with Crippen LogP contribution in [0.1, 0.15) is 11.3 Å². The Bertz CT molecular complexity index is 516. The Morgan fingerprint density at radius 1 is 1.21 bits per heavy atom. The third-order valence-electron chi connectivity index (χ3n) is 2.58. The van der Waals surface area contributed by atoms with Gasteiger partial charge in [-0.2, -0.15) is 0 Å². The summed E-state index contributed by atoms with van der Waals surface area (Å²) in [5.41, 5.74) is 4.09. The van der Waals surface area contributed by atoms with Crippen molar-refractivity contribution in [1.82, 2.24) is 9.97 Å². The standard InChI is InChI=1S/C13H16N4O2/c14-17-13-8-15-11(7-16-13)9-19-12-4-2-1-3-10(12)5-6-18/h1-4,7-8,18H,5-6,9,14H2,(H,16,17). The lowest BCUT2D eigenvalue weighted by Crippen LogP contribution is -2.09. The summed E-state index contributed by atoms with van der Waals surface area (Å²) in [5, 5.41) is 8.99. The molecule has 1 heterocycles. The second-order valence-electron chi connectivity index (χ2n) is 3.91. The van der Waals surface area contributed by atoms with Crippen LogP contribution < -0.4 is 16.0 Å². The molecule has 2 rings (SSSR count). The SMILES string of the molecule is NNc1cnc(COc2ccccc2CCO)cn1. The summed E-state index contributed by atoms with van der Waals surface area (Å²) in [6.45, 7) is 0.414. The van der Waals surface area contributed by atoms with Gasteiger partial charge in [-0.15, -0.1) is 0 Å². The van der Waals surface area contributed by atoms with Gasteiger partial charge >= 0.3 is 0 Å². The normalized spacial score (nSPS) is 10.2. The minimum atomic E-state index is 0.0943. The molecule has 100 valence electrons. The molecule has 0 fully saturated rings. The second kappa shape index (κ2) is 6.67. The molecule has 0 radical (unpaired) electrons. The summed E-state index contributed by atoms with van der Waals surface area (Å²) >= 11 is 0. The second-order valence-corrected chi connectivity index (χ2v) is 3.91. The minimum absolute atomic E-state index is 0.0943. The smallest absolute Gasteiger partial charge is 0.158 e. The monoisotopic (exact) mass is 260 g/mol. The van der Waals surface area contributed by atoms with E-state index in [0.29, 0.717) is 24.5 Å². The van der Waals surface area contributed by atoms with Gasteiger partial charge in [-0.1, -0.05) is 18.2 Å². The van der Waals surface area contributed by atoms with E-state index >= 15 is 0 Å². The van der Waals surface area contributed by atoms with E-state index in [-0.39, 0.29) is 6.61 Å². The predicted octanol–water partition coefficient (Wildman–Crippen LogP) is 0.876. The number of hydrogen-bond donors (Lipinski definition) is 3. The molecule has 4 N–H and O–H groups in total. The maximum Gasteiger partial charge on any atom is 0.158 e. The highest BCUT2D eigenvalue weighted by atomic mass is 16.5. The highest BCUT2D eigenvalue weighted by Gasteiger charge is 2.03. The fourth-order valence-electron chi connectivity index (χ4n) is 1.63. The van der Waals surface area contributed by atoms with Crippen molar-refractivity contribution in [3.8, 4) is 5.75 Å². The highest BCUT2D eigenvalue weighted by Crippen LogP contribution is 2.19. The van der Waals surface area contributed by atoms with Gasteiger partial charge in [-0.05, 0) is 18.1 Å². The lowest BCUT2D eigenvalue weighted by molar-refractivity contribution is 0.281. The molecule has 6 heteroatoms. The zero-order chi connectivity index (χ0) is 13.5. The van der Waals surface area contributed by atoms with Crippen molar-refractivity contribution in [1.29, 1.82) is 0 Å². The van der Waals surface area contributed by atoms with Crippen LogP contribution in [0.15, 0.2) is 36.7 Å². The zero-order valence-corrected chi connectivity index (χ0v) is 10.4. The van der Waals surface area contributed by atoms with Crippen molar-refractivity contribution >= 4 is 5.82 Å². The van der Waals surface area contributed by atoms with Crippen LogP contribution in [0.3, 0.4) is 0 Å². The van der Waals surface area contributed by atoms with E-state index < -0.39 is 0 Å². The number of aromatic nitrogens is 2. The van der Waals surface area contributed by atoms with Gasteiger partial charge in [0.25, 0.3) is 0 Å². The van der Waals surface area contributed by atoms with Crippen LogP contribution in [-0.2, 0) is 13.0 Å². The summed E-state index contributed by atoms with van der Waals surface area (Å²) < 4.78 is 5.68. The molecule has 0 aliphatic rings. The fraction of sp³-hybridized carbons (Fsp3) is 0.231. The van der Waals surface area contributed by atoms with Gasteiger partial charge in [-0.25, -0.2) is 10.8 Å². The molecule has 0 aliphatic heterocycles. The first-order valence-electron chi connectivity index (χ1n) is 5.92. The summed E-state index contributed by atoms with van der Waals surface area (Å²) in [6.07, 6.45) is 3.71. The van der Waals surface area contributed by atoms with Gasteiger partial charge in [0, 0.05) is 6.61 Å².